The number of esters is 4. The molecule has 6 nitrogen and oxygen atoms in total. The van der Waals surface area contributed by atoms with E-state index in [1.54, 1.807) is 0 Å². The summed E-state index contributed by atoms with van der Waals surface area (Å²) in [4.78, 5) is 45.3. The molecular formula is C10H8O6. The highest BCUT2D eigenvalue weighted by Crippen LogP contribution is 2.45. The fourth-order valence-corrected chi connectivity index (χ4v) is 2.75. The number of carbonyl (C=O) groups excluding carboxylic acids is 4. The number of hydrogen-bond donors (Lipinski definition) is 0. The lowest BCUT2D eigenvalue weighted by atomic mass is 9.70. The van der Waals surface area contributed by atoms with E-state index in [9.17, 15) is 19.2 Å². The number of carbonyl (C=O) groups is 4. The quantitative estimate of drug-likeness (QED) is 0.404. The molecule has 1 saturated carbocycles. The molecule has 2 heterocycles. The molecule has 0 spiro atoms. The Morgan fingerprint density at radius 1 is 0.625 bits per heavy atom. The molecule has 1 aliphatic carbocycles. The predicted molar refractivity (Wildman–Crippen MR) is 45.4 cm³/mol. The minimum absolute atomic E-state index is 0.185. The van der Waals surface area contributed by atoms with Gasteiger partial charge in [-0.25, -0.2) is 0 Å². The summed E-state index contributed by atoms with van der Waals surface area (Å²) in [6.07, 6.45) is 0.370. The molecule has 0 unspecified atom stereocenters. The first-order valence-corrected chi connectivity index (χ1v) is 5.09. The number of rotatable bonds is 0. The van der Waals surface area contributed by atoms with Crippen molar-refractivity contribution in [2.45, 2.75) is 12.8 Å². The maximum Gasteiger partial charge on any atom is 0.317 e. The van der Waals surface area contributed by atoms with Gasteiger partial charge in [-0.2, -0.15) is 0 Å². The summed E-state index contributed by atoms with van der Waals surface area (Å²) in [6.45, 7) is 0. The highest BCUT2D eigenvalue weighted by atomic mass is 16.6. The maximum atomic E-state index is 11.3. The molecule has 6 heteroatoms. The standard InChI is InChI=1S/C10H8O6/c11-7-3-1-4-6(10(14)16-8(4)12)2-5(3)9(13)15-7/h3-6H,1-2H2/t3-,4-,5-,6-/m1/s1. The zero-order chi connectivity index (χ0) is 11.4. The molecule has 0 bridgehead atoms. The van der Waals surface area contributed by atoms with E-state index in [4.69, 9.17) is 0 Å². The monoisotopic (exact) mass is 224 g/mol. The number of cyclic esters (lactones) is 4. The molecule has 0 aromatic rings. The Kier molecular flexibility index (Phi) is 1.72. The third-order valence-electron chi connectivity index (χ3n) is 3.60. The first-order chi connectivity index (χ1) is 7.58. The third kappa shape index (κ3) is 1.07. The Bertz CT molecular complexity index is 349. The van der Waals surface area contributed by atoms with Crippen LogP contribution in [0.4, 0.5) is 0 Å². The van der Waals surface area contributed by atoms with Crippen molar-refractivity contribution in [2.75, 3.05) is 0 Å². The summed E-state index contributed by atoms with van der Waals surface area (Å²) in [5.74, 6) is -4.64. The Balaban J connectivity index is 1.92. The van der Waals surface area contributed by atoms with Crippen molar-refractivity contribution < 1.29 is 28.7 Å². The van der Waals surface area contributed by atoms with Gasteiger partial charge in [-0.1, -0.05) is 0 Å². The average molecular weight is 224 g/mol. The molecular weight excluding hydrogens is 216 g/mol. The lowest BCUT2D eigenvalue weighted by Crippen LogP contribution is -2.35. The van der Waals surface area contributed by atoms with Crippen molar-refractivity contribution in [1.29, 1.82) is 0 Å². The number of ether oxygens (including phenoxy) is 2. The molecule has 0 radical (unpaired) electrons. The van der Waals surface area contributed by atoms with Gasteiger partial charge in [-0.15, -0.1) is 0 Å². The van der Waals surface area contributed by atoms with Crippen LogP contribution in [0.15, 0.2) is 0 Å². The van der Waals surface area contributed by atoms with Crippen LogP contribution in [-0.2, 0) is 28.7 Å². The molecule has 4 atom stereocenters. The molecule has 3 aliphatic rings. The molecule has 0 aromatic heterocycles. The Morgan fingerprint density at radius 2 is 0.875 bits per heavy atom. The van der Waals surface area contributed by atoms with Gasteiger partial charge in [0.1, 0.15) is 0 Å². The van der Waals surface area contributed by atoms with E-state index in [0.29, 0.717) is 0 Å². The van der Waals surface area contributed by atoms with Crippen molar-refractivity contribution in [3.8, 4) is 0 Å². The van der Waals surface area contributed by atoms with Crippen molar-refractivity contribution in [3.05, 3.63) is 0 Å². The molecule has 84 valence electrons. The van der Waals surface area contributed by atoms with E-state index >= 15 is 0 Å². The van der Waals surface area contributed by atoms with Crippen LogP contribution in [0.3, 0.4) is 0 Å². The smallest absolute Gasteiger partial charge is 0.317 e. The Labute approximate surface area is 89.9 Å². The summed E-state index contributed by atoms with van der Waals surface area (Å²) in [6, 6.07) is 0. The van der Waals surface area contributed by atoms with Crippen molar-refractivity contribution >= 4 is 23.9 Å². The second kappa shape index (κ2) is 2.90. The average Bonchev–Trinajstić information content (AvgIpc) is 2.67. The Hall–Kier alpha value is -1.72. The minimum atomic E-state index is -0.583. The van der Waals surface area contributed by atoms with Crippen LogP contribution in [0.5, 0.6) is 0 Å². The number of fused-ring (bicyclic) bond motifs is 2. The lowest BCUT2D eigenvalue weighted by molar-refractivity contribution is -0.154. The van der Waals surface area contributed by atoms with Gasteiger partial charge in [0.05, 0.1) is 23.7 Å². The van der Waals surface area contributed by atoms with E-state index in [1.165, 1.54) is 0 Å². The summed E-state index contributed by atoms with van der Waals surface area (Å²) >= 11 is 0. The van der Waals surface area contributed by atoms with Gasteiger partial charge in [-0.3, -0.25) is 19.2 Å². The zero-order valence-electron chi connectivity index (χ0n) is 8.17. The van der Waals surface area contributed by atoms with E-state index < -0.39 is 47.5 Å². The molecule has 0 N–H and O–H groups in total. The minimum Gasteiger partial charge on any atom is -0.393 e. The van der Waals surface area contributed by atoms with Crippen LogP contribution in [0, 0.1) is 23.7 Å². The maximum absolute atomic E-state index is 11.3. The fraction of sp³-hybridized carbons (Fsp3) is 0.600. The normalized spacial score (nSPS) is 41.5. The predicted octanol–water partition coefficient (Wildman–Crippen LogP) is -0.588. The SMILES string of the molecule is O=C1OC(=O)[C@@H]2C[C@H]3C(=O)OC(=O)[C@@H]3C[C@@H]12. The van der Waals surface area contributed by atoms with Gasteiger partial charge in [0.15, 0.2) is 0 Å². The lowest BCUT2D eigenvalue weighted by Gasteiger charge is -2.25. The molecule has 16 heavy (non-hydrogen) atoms. The molecule has 3 rings (SSSR count). The zero-order valence-corrected chi connectivity index (χ0v) is 8.17. The number of hydrogen-bond acceptors (Lipinski definition) is 6. The molecule has 2 saturated heterocycles. The van der Waals surface area contributed by atoms with E-state index in [1.807, 2.05) is 0 Å². The fourth-order valence-electron chi connectivity index (χ4n) is 2.75. The van der Waals surface area contributed by atoms with Crippen molar-refractivity contribution in [2.24, 2.45) is 23.7 Å². The second-order valence-corrected chi connectivity index (χ2v) is 4.38. The summed E-state index contributed by atoms with van der Waals surface area (Å²) < 4.78 is 9.01. The van der Waals surface area contributed by atoms with Crippen LogP contribution in [0.1, 0.15) is 12.8 Å². The van der Waals surface area contributed by atoms with Gasteiger partial charge >= 0.3 is 23.9 Å². The van der Waals surface area contributed by atoms with Crippen LogP contribution >= 0.6 is 0 Å². The van der Waals surface area contributed by atoms with Crippen LogP contribution < -0.4 is 0 Å². The summed E-state index contributed by atoms with van der Waals surface area (Å²) in [7, 11) is 0. The van der Waals surface area contributed by atoms with Gasteiger partial charge in [0, 0.05) is 0 Å². The van der Waals surface area contributed by atoms with E-state index in [-0.39, 0.29) is 12.8 Å². The second-order valence-electron chi connectivity index (χ2n) is 4.38. The largest absolute Gasteiger partial charge is 0.393 e. The van der Waals surface area contributed by atoms with Crippen LogP contribution in [0.25, 0.3) is 0 Å². The van der Waals surface area contributed by atoms with E-state index in [2.05, 4.69) is 9.47 Å². The van der Waals surface area contributed by atoms with Crippen molar-refractivity contribution in [3.63, 3.8) is 0 Å². The van der Waals surface area contributed by atoms with Crippen LogP contribution in [-0.4, -0.2) is 23.9 Å². The Morgan fingerprint density at radius 3 is 1.12 bits per heavy atom. The molecule has 3 fully saturated rings. The van der Waals surface area contributed by atoms with Crippen molar-refractivity contribution in [1.82, 2.24) is 0 Å². The van der Waals surface area contributed by atoms with Gasteiger partial charge in [0.25, 0.3) is 0 Å². The third-order valence-corrected chi connectivity index (χ3v) is 3.60. The highest BCUT2D eigenvalue weighted by Gasteiger charge is 2.57. The van der Waals surface area contributed by atoms with Crippen LogP contribution in [0.2, 0.25) is 0 Å². The summed E-state index contributed by atoms with van der Waals surface area (Å²) in [5.41, 5.74) is 0. The van der Waals surface area contributed by atoms with Gasteiger partial charge in [0.2, 0.25) is 0 Å². The molecule has 2 aliphatic heterocycles. The van der Waals surface area contributed by atoms with Gasteiger partial charge < -0.3 is 9.47 Å². The first kappa shape index (κ1) is 9.50. The summed E-state index contributed by atoms with van der Waals surface area (Å²) in [5, 5.41) is 0. The van der Waals surface area contributed by atoms with E-state index in [0.717, 1.165) is 0 Å². The van der Waals surface area contributed by atoms with Gasteiger partial charge in [-0.05, 0) is 12.8 Å². The molecule has 0 aromatic carbocycles. The topological polar surface area (TPSA) is 86.7 Å². The first-order valence-electron chi connectivity index (χ1n) is 5.09. The highest BCUT2D eigenvalue weighted by molar-refractivity contribution is 6.01. The molecule has 0 amide bonds.